The van der Waals surface area contributed by atoms with Crippen LogP contribution in [0.15, 0.2) is 36.8 Å². The van der Waals surface area contributed by atoms with Gasteiger partial charge in [-0.25, -0.2) is 9.37 Å². The zero-order chi connectivity index (χ0) is 29.2. The van der Waals surface area contributed by atoms with Crippen LogP contribution in [0.1, 0.15) is 91.9 Å². The Kier molecular flexibility index (Phi) is 9.38. The summed E-state index contributed by atoms with van der Waals surface area (Å²) in [6, 6.07) is 5.11. The number of hydrogen-bond acceptors (Lipinski definition) is 5. The zero-order valence-electron chi connectivity index (χ0n) is 24.7. The van der Waals surface area contributed by atoms with E-state index in [0.717, 1.165) is 43.5 Å². The molecule has 9 heteroatoms. The molecule has 1 atom stereocenters. The first-order valence-electron chi connectivity index (χ1n) is 14.2. The van der Waals surface area contributed by atoms with Gasteiger partial charge < -0.3 is 10.1 Å². The quantitative estimate of drug-likeness (QED) is 0.252. The molecule has 6 nitrogen and oxygen atoms in total. The van der Waals surface area contributed by atoms with Crippen molar-refractivity contribution in [1.29, 1.82) is 0 Å². The van der Waals surface area contributed by atoms with Crippen molar-refractivity contribution in [2.45, 2.75) is 97.4 Å². The highest BCUT2D eigenvalue weighted by atomic mass is 35.5. The number of benzene rings is 1. The van der Waals surface area contributed by atoms with Crippen LogP contribution >= 0.6 is 23.2 Å². The van der Waals surface area contributed by atoms with Gasteiger partial charge in [0.2, 0.25) is 0 Å². The largest absolute Gasteiger partial charge is 0.482 e. The molecule has 3 heterocycles. The summed E-state index contributed by atoms with van der Waals surface area (Å²) in [7, 11) is 0. The second-order valence-corrected chi connectivity index (χ2v) is 13.1. The van der Waals surface area contributed by atoms with Crippen LogP contribution in [0.4, 0.5) is 10.2 Å². The van der Waals surface area contributed by atoms with Gasteiger partial charge in [0.1, 0.15) is 11.9 Å². The van der Waals surface area contributed by atoms with Gasteiger partial charge in [-0.05, 0) is 78.5 Å². The van der Waals surface area contributed by atoms with E-state index in [-0.39, 0.29) is 16.1 Å². The summed E-state index contributed by atoms with van der Waals surface area (Å²) in [6.45, 7) is 17.2. The summed E-state index contributed by atoms with van der Waals surface area (Å²) in [6.07, 6.45) is 8.81. The van der Waals surface area contributed by atoms with Gasteiger partial charge in [0.15, 0.2) is 11.6 Å². The number of rotatable bonds is 9. The average Bonchev–Trinajstić information content (AvgIpc) is 3.41. The molecule has 0 saturated carbocycles. The standard InChI is InChI=1S/C31H42Cl2FN5O/c1-8-25(27-23(32)10-11-24(34)28(27)33)40-26-16-20(17-35-29(26)37-31(6,7)9-2)21-18-36-39(19-21)22-12-14-38(15-13-22)30(3,4)5/h10-11,16-19,22,25H,8-9,12-15H2,1-7H3,(H,35,37)/t25-/m1/s1. The molecule has 1 aliphatic rings. The molecule has 4 rings (SSSR count). The van der Waals surface area contributed by atoms with E-state index >= 15 is 0 Å². The third-order valence-corrected chi connectivity index (χ3v) is 8.67. The number of aromatic nitrogens is 3. The molecule has 1 aliphatic heterocycles. The summed E-state index contributed by atoms with van der Waals surface area (Å²) in [5.41, 5.74) is 2.26. The normalized spacial score (nSPS) is 16.2. The molecule has 3 aromatic rings. The first kappa shape index (κ1) is 30.6. The fraction of sp³-hybridized carbons (Fsp3) is 0.548. The number of hydrogen-bond donors (Lipinski definition) is 1. The highest BCUT2D eigenvalue weighted by Crippen LogP contribution is 2.40. The lowest BCUT2D eigenvalue weighted by Gasteiger charge is -2.40. The van der Waals surface area contributed by atoms with E-state index in [0.29, 0.717) is 34.6 Å². The van der Waals surface area contributed by atoms with Gasteiger partial charge in [-0.15, -0.1) is 0 Å². The number of ether oxygens (including phenoxy) is 1. The van der Waals surface area contributed by atoms with Gasteiger partial charge in [0, 0.05) is 58.3 Å². The zero-order valence-corrected chi connectivity index (χ0v) is 26.2. The van der Waals surface area contributed by atoms with Gasteiger partial charge in [-0.2, -0.15) is 5.10 Å². The minimum absolute atomic E-state index is 0.0226. The Hall–Kier alpha value is -2.35. The maximum Gasteiger partial charge on any atom is 0.169 e. The summed E-state index contributed by atoms with van der Waals surface area (Å²) >= 11 is 12.8. The summed E-state index contributed by atoms with van der Waals surface area (Å²) in [5, 5.41) is 8.57. The van der Waals surface area contributed by atoms with E-state index in [4.69, 9.17) is 38.0 Å². The van der Waals surface area contributed by atoms with Crippen molar-refractivity contribution in [2.75, 3.05) is 18.4 Å². The fourth-order valence-electron chi connectivity index (χ4n) is 5.02. The SMILES string of the molecule is CC[C@@H](Oc1cc(-c2cnn(C3CCN(C(C)(C)C)CC3)c2)cnc1NC(C)(C)CC)c1c(Cl)ccc(F)c1Cl. The van der Waals surface area contributed by atoms with Gasteiger partial charge in [0.25, 0.3) is 0 Å². The van der Waals surface area contributed by atoms with Crippen LogP contribution in [-0.2, 0) is 0 Å². The molecule has 1 N–H and O–H groups in total. The van der Waals surface area contributed by atoms with Crippen molar-refractivity contribution in [3.8, 4) is 16.9 Å². The Morgan fingerprint density at radius 1 is 1.07 bits per heavy atom. The number of piperidine rings is 1. The third kappa shape index (κ3) is 6.92. The van der Waals surface area contributed by atoms with Crippen LogP contribution in [0.3, 0.4) is 0 Å². The maximum absolute atomic E-state index is 14.4. The van der Waals surface area contributed by atoms with E-state index in [2.05, 4.69) is 62.6 Å². The first-order valence-corrected chi connectivity index (χ1v) is 15.0. The number of nitrogens with one attached hydrogen (secondary N) is 1. The minimum Gasteiger partial charge on any atom is -0.482 e. The van der Waals surface area contributed by atoms with E-state index in [1.807, 2.05) is 25.4 Å². The van der Waals surface area contributed by atoms with Crippen molar-refractivity contribution in [1.82, 2.24) is 19.7 Å². The molecule has 0 bridgehead atoms. The van der Waals surface area contributed by atoms with Crippen LogP contribution in [-0.4, -0.2) is 43.8 Å². The lowest BCUT2D eigenvalue weighted by Crippen LogP contribution is -2.46. The Labute approximate surface area is 248 Å². The fourth-order valence-corrected chi connectivity index (χ4v) is 5.63. The molecule has 1 saturated heterocycles. The molecule has 1 aromatic carbocycles. The van der Waals surface area contributed by atoms with Crippen LogP contribution in [0.5, 0.6) is 5.75 Å². The lowest BCUT2D eigenvalue weighted by molar-refractivity contribution is 0.0870. The Morgan fingerprint density at radius 3 is 2.40 bits per heavy atom. The highest BCUT2D eigenvalue weighted by molar-refractivity contribution is 6.36. The third-order valence-electron chi connectivity index (χ3n) is 7.96. The highest BCUT2D eigenvalue weighted by Gasteiger charge is 2.29. The van der Waals surface area contributed by atoms with Crippen LogP contribution in [0, 0.1) is 5.82 Å². The maximum atomic E-state index is 14.4. The second-order valence-electron chi connectivity index (χ2n) is 12.3. The van der Waals surface area contributed by atoms with Crippen molar-refractivity contribution in [3.05, 3.63) is 58.2 Å². The molecule has 1 fully saturated rings. The Morgan fingerprint density at radius 2 is 1.77 bits per heavy atom. The molecule has 0 aliphatic carbocycles. The van der Waals surface area contributed by atoms with E-state index in [1.54, 1.807) is 0 Å². The summed E-state index contributed by atoms with van der Waals surface area (Å²) in [4.78, 5) is 7.30. The summed E-state index contributed by atoms with van der Waals surface area (Å²) < 4.78 is 23.0. The smallest absolute Gasteiger partial charge is 0.169 e. The molecular weight excluding hydrogens is 548 g/mol. The predicted octanol–water partition coefficient (Wildman–Crippen LogP) is 8.96. The number of pyridine rings is 1. The Bertz CT molecular complexity index is 1310. The minimum atomic E-state index is -0.561. The number of likely N-dealkylation sites (tertiary alicyclic amines) is 1. The molecule has 2 aromatic heterocycles. The lowest BCUT2D eigenvalue weighted by atomic mass is 9.98. The molecule has 0 spiro atoms. The molecule has 0 amide bonds. The predicted molar refractivity (Wildman–Crippen MR) is 163 cm³/mol. The summed E-state index contributed by atoms with van der Waals surface area (Å²) in [5.74, 6) is 0.634. The molecule has 0 radical (unpaired) electrons. The van der Waals surface area contributed by atoms with Crippen molar-refractivity contribution in [3.63, 3.8) is 0 Å². The monoisotopic (exact) mass is 589 g/mol. The van der Waals surface area contributed by atoms with Gasteiger partial charge in [-0.1, -0.05) is 37.0 Å². The average molecular weight is 591 g/mol. The van der Waals surface area contributed by atoms with Crippen LogP contribution in [0.2, 0.25) is 10.0 Å². The molecule has 0 unspecified atom stereocenters. The topological polar surface area (TPSA) is 55.2 Å². The Balaban J connectivity index is 1.64. The van der Waals surface area contributed by atoms with E-state index in [9.17, 15) is 4.39 Å². The van der Waals surface area contributed by atoms with Gasteiger partial charge in [-0.3, -0.25) is 9.58 Å². The van der Waals surface area contributed by atoms with Crippen molar-refractivity contribution in [2.24, 2.45) is 0 Å². The molecular formula is C31H42Cl2FN5O. The van der Waals surface area contributed by atoms with E-state index < -0.39 is 11.9 Å². The first-order chi connectivity index (χ1) is 18.8. The van der Waals surface area contributed by atoms with Crippen LogP contribution < -0.4 is 10.1 Å². The van der Waals surface area contributed by atoms with Crippen LogP contribution in [0.25, 0.3) is 11.1 Å². The van der Waals surface area contributed by atoms with E-state index in [1.165, 1.54) is 12.1 Å². The molecule has 40 heavy (non-hydrogen) atoms. The number of halogens is 3. The van der Waals surface area contributed by atoms with Gasteiger partial charge >= 0.3 is 0 Å². The van der Waals surface area contributed by atoms with Gasteiger partial charge in [0.05, 0.1) is 17.3 Å². The molecule has 218 valence electrons. The van der Waals surface area contributed by atoms with Crippen molar-refractivity contribution < 1.29 is 9.13 Å². The number of nitrogens with zero attached hydrogens (tertiary/aromatic N) is 4. The second kappa shape index (κ2) is 12.3. The number of anilines is 1. The van der Waals surface area contributed by atoms with Crippen molar-refractivity contribution >= 4 is 29.0 Å².